The van der Waals surface area contributed by atoms with Crippen LogP contribution in [-0.4, -0.2) is 37.5 Å². The molecule has 0 amide bonds. The van der Waals surface area contributed by atoms with Gasteiger partial charge in [-0.25, -0.2) is 9.59 Å². The van der Waals surface area contributed by atoms with Crippen LogP contribution in [0.4, 0.5) is 0 Å². The van der Waals surface area contributed by atoms with Crippen LogP contribution in [0.15, 0.2) is 36.5 Å². The highest BCUT2D eigenvalue weighted by Crippen LogP contribution is 2.16. The summed E-state index contributed by atoms with van der Waals surface area (Å²) >= 11 is 0. The summed E-state index contributed by atoms with van der Waals surface area (Å²) in [6.45, 7) is 0. The molecule has 0 saturated carbocycles. The zero-order valence-corrected chi connectivity index (χ0v) is 9.07. The second-order valence-corrected chi connectivity index (χ2v) is 3.15. The van der Waals surface area contributed by atoms with Gasteiger partial charge in [0.2, 0.25) is 0 Å². The van der Waals surface area contributed by atoms with Crippen LogP contribution in [0, 0.1) is 0 Å². The smallest absolute Gasteiger partial charge is 0.328 e. The third-order valence-corrected chi connectivity index (χ3v) is 1.79. The molecule has 0 atom stereocenters. The maximum atomic E-state index is 9.55. The summed E-state index contributed by atoms with van der Waals surface area (Å²) in [5.41, 5.74) is 0.942. The third kappa shape index (κ3) is 4.35. The zero-order chi connectivity index (χ0) is 13.5. The van der Waals surface area contributed by atoms with Crippen LogP contribution in [0.1, 0.15) is 0 Å². The molecule has 1 aromatic carbocycles. The second-order valence-electron chi connectivity index (χ2n) is 3.15. The number of carboxylic acid groups (broad SMARTS) is 2. The van der Waals surface area contributed by atoms with Crippen molar-refractivity contribution in [2.75, 3.05) is 0 Å². The van der Waals surface area contributed by atoms with Gasteiger partial charge in [0.05, 0.1) is 11.7 Å². The van der Waals surface area contributed by atoms with E-state index in [1.54, 1.807) is 24.4 Å². The molecular formula is C11H10N2O5. The second kappa shape index (κ2) is 6.04. The van der Waals surface area contributed by atoms with Crippen LogP contribution in [0.25, 0.3) is 10.9 Å². The van der Waals surface area contributed by atoms with Gasteiger partial charge in [-0.1, -0.05) is 0 Å². The summed E-state index contributed by atoms with van der Waals surface area (Å²) in [4.78, 5) is 19.1. The van der Waals surface area contributed by atoms with Gasteiger partial charge in [0.25, 0.3) is 0 Å². The first kappa shape index (κ1) is 13.2. The molecule has 0 aliphatic heterocycles. The molecule has 1 aromatic heterocycles. The molecule has 0 aliphatic carbocycles. The Hall–Kier alpha value is -2.83. The predicted molar refractivity (Wildman–Crippen MR) is 62.2 cm³/mol. The summed E-state index contributed by atoms with van der Waals surface area (Å²) < 4.78 is 0. The van der Waals surface area contributed by atoms with Crippen molar-refractivity contribution in [3.63, 3.8) is 0 Å². The normalized spacial score (nSPS) is 10.0. The lowest BCUT2D eigenvalue weighted by molar-refractivity contribution is -0.134. The number of nitrogens with zero attached hydrogens (tertiary/aromatic N) is 1. The van der Waals surface area contributed by atoms with Gasteiger partial charge in [0.15, 0.2) is 0 Å². The van der Waals surface area contributed by atoms with Crippen molar-refractivity contribution in [3.05, 3.63) is 36.5 Å². The van der Waals surface area contributed by atoms with Crippen LogP contribution in [-0.2, 0) is 9.59 Å². The molecule has 18 heavy (non-hydrogen) atoms. The van der Waals surface area contributed by atoms with Gasteiger partial charge < -0.3 is 15.3 Å². The standard InChI is InChI=1S/C7H6N2O.C4H4O4/c10-6-1-2-7-5(3-6)4-8-9-7;5-3(6)1-2-4(7)8/h1-4,10H,(H,8,9);1-2H,(H,5,6)(H,7,8). The third-order valence-electron chi connectivity index (χ3n) is 1.79. The Balaban J connectivity index is 0.000000187. The molecule has 0 unspecified atom stereocenters. The van der Waals surface area contributed by atoms with E-state index >= 15 is 0 Å². The zero-order valence-electron chi connectivity index (χ0n) is 9.07. The number of nitrogens with one attached hydrogen (secondary N) is 1. The van der Waals surface area contributed by atoms with Crippen molar-refractivity contribution in [2.45, 2.75) is 0 Å². The molecule has 0 bridgehead atoms. The fourth-order valence-electron chi connectivity index (χ4n) is 1.07. The molecule has 2 aromatic rings. The van der Waals surface area contributed by atoms with Gasteiger partial charge in [-0.3, -0.25) is 5.10 Å². The SMILES string of the molecule is O=C(O)C=CC(=O)O.Oc1ccc2[nH]ncc2c1. The molecule has 7 nitrogen and oxygen atoms in total. The number of benzene rings is 1. The lowest BCUT2D eigenvalue weighted by atomic mass is 10.2. The first-order valence-corrected chi connectivity index (χ1v) is 4.75. The topological polar surface area (TPSA) is 124 Å². The van der Waals surface area contributed by atoms with E-state index in [-0.39, 0.29) is 5.75 Å². The minimum atomic E-state index is -1.26. The number of phenolic OH excluding ortho intramolecular Hbond substituents is 1. The Kier molecular flexibility index (Phi) is 4.44. The number of fused-ring (bicyclic) bond motifs is 1. The van der Waals surface area contributed by atoms with Gasteiger partial charge in [0.1, 0.15) is 5.75 Å². The van der Waals surface area contributed by atoms with E-state index in [1.165, 1.54) is 0 Å². The molecule has 1 heterocycles. The summed E-state index contributed by atoms with van der Waals surface area (Å²) in [5, 5.41) is 32.2. The molecule has 0 aliphatic rings. The van der Waals surface area contributed by atoms with E-state index < -0.39 is 11.9 Å². The van der Waals surface area contributed by atoms with Crippen molar-refractivity contribution in [1.82, 2.24) is 10.2 Å². The Morgan fingerprint density at radius 3 is 2.33 bits per heavy atom. The predicted octanol–water partition coefficient (Wildman–Crippen LogP) is 0.980. The first-order valence-electron chi connectivity index (χ1n) is 4.75. The number of hydrogen-bond acceptors (Lipinski definition) is 4. The number of aromatic hydroxyl groups is 1. The number of hydrogen-bond donors (Lipinski definition) is 4. The fraction of sp³-hybridized carbons (Fsp3) is 0. The van der Waals surface area contributed by atoms with E-state index in [9.17, 15) is 9.59 Å². The Bertz CT molecular complexity index is 572. The molecule has 0 radical (unpaired) electrons. The highest BCUT2D eigenvalue weighted by Gasteiger charge is 1.93. The summed E-state index contributed by atoms with van der Waals surface area (Å²) in [6, 6.07) is 5.08. The number of rotatable bonds is 2. The van der Waals surface area contributed by atoms with E-state index in [0.717, 1.165) is 10.9 Å². The number of aromatic nitrogens is 2. The molecule has 94 valence electrons. The summed E-state index contributed by atoms with van der Waals surface area (Å²) in [5.74, 6) is -2.24. The molecule has 0 saturated heterocycles. The fourth-order valence-corrected chi connectivity index (χ4v) is 1.07. The Labute approximate surface area is 101 Å². The van der Waals surface area contributed by atoms with Gasteiger partial charge >= 0.3 is 11.9 Å². The molecule has 4 N–H and O–H groups in total. The lowest BCUT2D eigenvalue weighted by Crippen LogP contribution is -1.91. The number of H-pyrrole nitrogens is 1. The van der Waals surface area contributed by atoms with Gasteiger partial charge in [-0.2, -0.15) is 5.10 Å². The van der Waals surface area contributed by atoms with Crippen LogP contribution in [0.3, 0.4) is 0 Å². The van der Waals surface area contributed by atoms with Gasteiger partial charge in [-0.05, 0) is 18.2 Å². The Morgan fingerprint density at radius 1 is 1.17 bits per heavy atom. The van der Waals surface area contributed by atoms with Crippen LogP contribution < -0.4 is 0 Å². The van der Waals surface area contributed by atoms with E-state index in [1.807, 2.05) is 0 Å². The maximum absolute atomic E-state index is 9.55. The minimum absolute atomic E-state index is 0.272. The van der Waals surface area contributed by atoms with E-state index in [2.05, 4.69) is 10.2 Å². The maximum Gasteiger partial charge on any atom is 0.328 e. The molecule has 0 fully saturated rings. The quantitative estimate of drug-likeness (QED) is 0.589. The molecular weight excluding hydrogens is 240 g/mol. The number of phenols is 1. The van der Waals surface area contributed by atoms with Crippen LogP contribution >= 0.6 is 0 Å². The van der Waals surface area contributed by atoms with Crippen molar-refractivity contribution in [1.29, 1.82) is 0 Å². The molecule has 2 rings (SSSR count). The first-order chi connectivity index (χ1) is 8.49. The number of carbonyl (C=O) groups is 2. The average Bonchev–Trinajstić information content (AvgIpc) is 2.74. The lowest BCUT2D eigenvalue weighted by Gasteiger charge is -1.88. The highest BCUT2D eigenvalue weighted by atomic mass is 16.4. The van der Waals surface area contributed by atoms with Gasteiger partial charge in [-0.15, -0.1) is 0 Å². The number of aromatic amines is 1. The van der Waals surface area contributed by atoms with Crippen LogP contribution in [0.2, 0.25) is 0 Å². The van der Waals surface area contributed by atoms with Crippen molar-refractivity contribution >= 4 is 22.8 Å². The summed E-state index contributed by atoms with van der Waals surface area (Å²) in [7, 11) is 0. The summed E-state index contributed by atoms with van der Waals surface area (Å²) in [6.07, 6.45) is 2.79. The van der Waals surface area contributed by atoms with Gasteiger partial charge in [0, 0.05) is 17.5 Å². The van der Waals surface area contributed by atoms with Crippen molar-refractivity contribution in [2.24, 2.45) is 0 Å². The van der Waals surface area contributed by atoms with Crippen molar-refractivity contribution in [3.8, 4) is 5.75 Å². The monoisotopic (exact) mass is 250 g/mol. The highest BCUT2D eigenvalue weighted by molar-refractivity contribution is 5.89. The number of carboxylic acids is 2. The van der Waals surface area contributed by atoms with E-state index in [0.29, 0.717) is 12.2 Å². The van der Waals surface area contributed by atoms with Crippen LogP contribution in [0.5, 0.6) is 5.75 Å². The average molecular weight is 250 g/mol. The minimum Gasteiger partial charge on any atom is -0.508 e. The van der Waals surface area contributed by atoms with Crippen molar-refractivity contribution < 1.29 is 24.9 Å². The molecule has 0 spiro atoms. The van der Waals surface area contributed by atoms with E-state index in [4.69, 9.17) is 15.3 Å². The molecule has 7 heteroatoms. The number of aliphatic carboxylic acids is 2. The Morgan fingerprint density at radius 2 is 1.78 bits per heavy atom. The largest absolute Gasteiger partial charge is 0.508 e.